The summed E-state index contributed by atoms with van der Waals surface area (Å²) in [7, 11) is 0. The van der Waals surface area contributed by atoms with Crippen LogP contribution in [0.2, 0.25) is 0 Å². The number of alkyl carbamates (subject to hydrolysis) is 1. The maximum absolute atomic E-state index is 13.1. The minimum Gasteiger partial charge on any atom is -0.481 e. The number of halogens is 2. The predicted molar refractivity (Wildman–Crippen MR) is 122 cm³/mol. The molecule has 34 heavy (non-hydrogen) atoms. The predicted octanol–water partition coefficient (Wildman–Crippen LogP) is 4.17. The first-order valence-electron chi connectivity index (χ1n) is 11.0. The van der Waals surface area contributed by atoms with E-state index in [9.17, 15) is 23.2 Å². The van der Waals surface area contributed by atoms with E-state index in [1.54, 1.807) is 13.8 Å². The van der Waals surface area contributed by atoms with Crippen LogP contribution in [-0.4, -0.2) is 48.7 Å². The van der Waals surface area contributed by atoms with Crippen LogP contribution in [0, 0.1) is 5.41 Å². The number of carbonyl (C=O) groups excluding carboxylic acids is 2. The van der Waals surface area contributed by atoms with E-state index >= 15 is 0 Å². The van der Waals surface area contributed by atoms with Gasteiger partial charge in [0.15, 0.2) is 0 Å². The highest BCUT2D eigenvalue weighted by Crippen LogP contribution is 2.44. The fourth-order valence-electron chi connectivity index (χ4n) is 4.11. The number of aliphatic carboxylic acids is 1. The number of amides is 2. The molecule has 182 valence electrons. The average molecular weight is 475 g/mol. The zero-order valence-corrected chi connectivity index (χ0v) is 19.0. The standard InChI is InChI=1S/C25H28F2N2O5/c1-25(2,12-22(30)31)14-28-23(32)20(11-21(26)27)29-24(33)34-13-19-17-9-5-3-7-15(17)16-8-4-6-10-18(16)19/h3-10,19-21H,11-14H2,1-2H3,(H,28,32)(H,29,33)(H,30,31). The van der Waals surface area contributed by atoms with Crippen molar-refractivity contribution in [2.24, 2.45) is 5.41 Å². The van der Waals surface area contributed by atoms with Crippen molar-refractivity contribution in [3.8, 4) is 11.1 Å². The summed E-state index contributed by atoms with van der Waals surface area (Å²) in [5.74, 6) is -2.08. The summed E-state index contributed by atoms with van der Waals surface area (Å²) < 4.78 is 31.5. The van der Waals surface area contributed by atoms with Crippen LogP contribution in [0.3, 0.4) is 0 Å². The normalized spacial score (nSPS) is 13.7. The lowest BCUT2D eigenvalue weighted by Crippen LogP contribution is -2.49. The van der Waals surface area contributed by atoms with E-state index in [1.165, 1.54) is 0 Å². The lowest BCUT2D eigenvalue weighted by Gasteiger charge is -2.25. The molecule has 0 aliphatic heterocycles. The molecular formula is C25H28F2N2O5. The molecule has 2 aromatic rings. The summed E-state index contributed by atoms with van der Waals surface area (Å²) in [6, 6.07) is 14.0. The Bertz CT molecular complexity index is 1010. The molecule has 1 unspecified atom stereocenters. The van der Waals surface area contributed by atoms with Gasteiger partial charge in [0.1, 0.15) is 12.6 Å². The molecule has 0 saturated heterocycles. The van der Waals surface area contributed by atoms with Gasteiger partial charge >= 0.3 is 12.1 Å². The number of fused-ring (bicyclic) bond motifs is 3. The number of nitrogens with one attached hydrogen (secondary N) is 2. The molecule has 2 amide bonds. The third kappa shape index (κ3) is 6.30. The van der Waals surface area contributed by atoms with Crippen LogP contribution in [0.1, 0.15) is 43.7 Å². The van der Waals surface area contributed by atoms with Gasteiger partial charge in [0.2, 0.25) is 12.3 Å². The van der Waals surface area contributed by atoms with E-state index in [1.807, 2.05) is 48.5 Å². The third-order valence-corrected chi connectivity index (χ3v) is 5.74. The quantitative estimate of drug-likeness (QED) is 0.480. The highest BCUT2D eigenvalue weighted by Gasteiger charge is 2.31. The second kappa shape index (κ2) is 10.6. The molecule has 3 rings (SSSR count). The monoisotopic (exact) mass is 474 g/mol. The SMILES string of the molecule is CC(C)(CNC(=O)C(CC(F)F)NC(=O)OCC1c2ccccc2-c2ccccc21)CC(=O)O. The molecule has 0 fully saturated rings. The molecule has 0 saturated carbocycles. The Morgan fingerprint density at radius 3 is 2.12 bits per heavy atom. The van der Waals surface area contributed by atoms with Gasteiger partial charge in [-0.3, -0.25) is 9.59 Å². The molecule has 7 nitrogen and oxygen atoms in total. The number of rotatable bonds is 10. The third-order valence-electron chi connectivity index (χ3n) is 5.74. The minimum atomic E-state index is -2.84. The highest BCUT2D eigenvalue weighted by atomic mass is 19.3. The molecule has 1 aliphatic rings. The van der Waals surface area contributed by atoms with Gasteiger partial charge < -0.3 is 20.5 Å². The molecule has 0 bridgehead atoms. The topological polar surface area (TPSA) is 105 Å². The average Bonchev–Trinajstić information content (AvgIpc) is 3.08. The first-order chi connectivity index (χ1) is 16.1. The Morgan fingerprint density at radius 2 is 1.59 bits per heavy atom. The van der Waals surface area contributed by atoms with Crippen molar-refractivity contribution >= 4 is 18.0 Å². The number of ether oxygens (including phenoxy) is 1. The van der Waals surface area contributed by atoms with Crippen LogP contribution in [0.4, 0.5) is 13.6 Å². The molecular weight excluding hydrogens is 446 g/mol. The second-order valence-corrected chi connectivity index (χ2v) is 9.10. The van der Waals surface area contributed by atoms with E-state index in [-0.39, 0.29) is 25.5 Å². The van der Waals surface area contributed by atoms with E-state index in [0.29, 0.717) is 0 Å². The number of carboxylic acids is 1. The van der Waals surface area contributed by atoms with Crippen molar-refractivity contribution in [3.05, 3.63) is 59.7 Å². The number of alkyl halides is 2. The van der Waals surface area contributed by atoms with Crippen molar-refractivity contribution in [1.29, 1.82) is 0 Å². The van der Waals surface area contributed by atoms with E-state index in [4.69, 9.17) is 9.84 Å². The number of hydrogen-bond donors (Lipinski definition) is 3. The van der Waals surface area contributed by atoms with Gasteiger partial charge in [-0.1, -0.05) is 62.4 Å². The first-order valence-corrected chi connectivity index (χ1v) is 11.0. The van der Waals surface area contributed by atoms with Crippen molar-refractivity contribution < 1.29 is 33.0 Å². The van der Waals surface area contributed by atoms with Gasteiger partial charge in [-0.15, -0.1) is 0 Å². The first kappa shape index (κ1) is 25.1. The van der Waals surface area contributed by atoms with E-state index in [0.717, 1.165) is 22.3 Å². The van der Waals surface area contributed by atoms with Crippen molar-refractivity contribution in [3.63, 3.8) is 0 Å². The fraction of sp³-hybridized carbons (Fsp3) is 0.400. The van der Waals surface area contributed by atoms with Crippen LogP contribution >= 0.6 is 0 Å². The van der Waals surface area contributed by atoms with Crippen LogP contribution in [0.15, 0.2) is 48.5 Å². The zero-order valence-electron chi connectivity index (χ0n) is 19.0. The van der Waals surface area contributed by atoms with Crippen LogP contribution < -0.4 is 10.6 Å². The highest BCUT2D eigenvalue weighted by molar-refractivity contribution is 5.86. The molecule has 9 heteroatoms. The zero-order chi connectivity index (χ0) is 24.9. The molecule has 0 radical (unpaired) electrons. The Kier molecular flexibility index (Phi) is 7.86. The van der Waals surface area contributed by atoms with Gasteiger partial charge in [0.25, 0.3) is 0 Å². The Balaban J connectivity index is 1.62. The van der Waals surface area contributed by atoms with Gasteiger partial charge in [0, 0.05) is 18.9 Å². The molecule has 0 heterocycles. The summed E-state index contributed by atoms with van der Waals surface area (Å²) in [4.78, 5) is 35.8. The Labute approximate surface area is 196 Å². The Morgan fingerprint density at radius 1 is 1.03 bits per heavy atom. The summed E-state index contributed by atoms with van der Waals surface area (Å²) in [5.41, 5.74) is 3.30. The Hall–Kier alpha value is -3.49. The van der Waals surface area contributed by atoms with Crippen molar-refractivity contribution in [2.75, 3.05) is 13.2 Å². The smallest absolute Gasteiger partial charge is 0.407 e. The molecule has 3 N–H and O–H groups in total. The number of benzene rings is 2. The van der Waals surface area contributed by atoms with Crippen LogP contribution in [0.25, 0.3) is 11.1 Å². The molecule has 1 atom stereocenters. The molecule has 0 spiro atoms. The minimum absolute atomic E-state index is 0.0193. The summed E-state index contributed by atoms with van der Waals surface area (Å²) >= 11 is 0. The number of carboxylic acid groups (broad SMARTS) is 1. The van der Waals surface area contributed by atoms with Crippen LogP contribution in [0.5, 0.6) is 0 Å². The van der Waals surface area contributed by atoms with Gasteiger partial charge in [0.05, 0.1) is 6.42 Å². The maximum atomic E-state index is 13.1. The fourth-order valence-corrected chi connectivity index (χ4v) is 4.11. The molecule has 0 aromatic heterocycles. The summed E-state index contributed by atoms with van der Waals surface area (Å²) in [6.45, 7) is 3.18. The summed E-state index contributed by atoms with van der Waals surface area (Å²) in [6.07, 6.45) is -4.92. The summed E-state index contributed by atoms with van der Waals surface area (Å²) in [5, 5.41) is 13.6. The number of hydrogen-bond acceptors (Lipinski definition) is 4. The molecule has 1 aliphatic carbocycles. The lowest BCUT2D eigenvalue weighted by molar-refractivity contribution is -0.139. The van der Waals surface area contributed by atoms with Gasteiger partial charge in [-0.2, -0.15) is 0 Å². The van der Waals surface area contributed by atoms with E-state index in [2.05, 4.69) is 10.6 Å². The van der Waals surface area contributed by atoms with Crippen molar-refractivity contribution in [1.82, 2.24) is 10.6 Å². The lowest BCUT2D eigenvalue weighted by atomic mass is 9.89. The number of carbonyl (C=O) groups is 3. The van der Waals surface area contributed by atoms with Gasteiger partial charge in [-0.25, -0.2) is 13.6 Å². The molecule has 2 aromatic carbocycles. The second-order valence-electron chi connectivity index (χ2n) is 9.10. The van der Waals surface area contributed by atoms with Gasteiger partial charge in [-0.05, 0) is 27.7 Å². The van der Waals surface area contributed by atoms with Crippen molar-refractivity contribution in [2.45, 2.75) is 45.1 Å². The maximum Gasteiger partial charge on any atom is 0.407 e. The van der Waals surface area contributed by atoms with Crippen LogP contribution in [-0.2, 0) is 14.3 Å². The van der Waals surface area contributed by atoms with E-state index < -0.39 is 42.3 Å². The largest absolute Gasteiger partial charge is 0.481 e.